The molecular weight excluding hydrogens is 379 g/mol. The highest BCUT2D eigenvalue weighted by Gasteiger charge is 2.26. The number of nitro groups is 1. The molecule has 1 atom stereocenters. The first-order valence-corrected chi connectivity index (χ1v) is 8.03. The Balaban J connectivity index is 2.26. The van der Waals surface area contributed by atoms with Crippen molar-refractivity contribution in [2.24, 2.45) is 0 Å². The van der Waals surface area contributed by atoms with Crippen molar-refractivity contribution >= 4 is 45.9 Å². The van der Waals surface area contributed by atoms with E-state index < -0.39 is 4.92 Å². The van der Waals surface area contributed by atoms with Gasteiger partial charge in [-0.15, -0.1) is 0 Å². The normalized spacial score (nSPS) is 18.3. The summed E-state index contributed by atoms with van der Waals surface area (Å²) in [5.41, 5.74) is 0.368. The van der Waals surface area contributed by atoms with E-state index in [9.17, 15) is 14.9 Å². The third-order valence-corrected chi connectivity index (χ3v) is 5.25. The number of benzene rings is 1. The summed E-state index contributed by atoms with van der Waals surface area (Å²) >= 11 is 3.87. The van der Waals surface area contributed by atoms with Crippen LogP contribution in [0, 0.1) is 13.7 Å². The zero-order valence-corrected chi connectivity index (χ0v) is 13.3. The fourth-order valence-electron chi connectivity index (χ4n) is 1.97. The zero-order chi connectivity index (χ0) is 14.0. The van der Waals surface area contributed by atoms with Crippen LogP contribution in [0.1, 0.15) is 16.8 Å². The number of nitrogens with zero attached hydrogens (tertiary/aromatic N) is 2. The van der Waals surface area contributed by atoms with E-state index in [4.69, 9.17) is 0 Å². The molecule has 1 amide bonds. The first-order chi connectivity index (χ1) is 9.00. The van der Waals surface area contributed by atoms with Crippen LogP contribution in [-0.4, -0.2) is 40.3 Å². The average molecular weight is 392 g/mol. The van der Waals surface area contributed by atoms with Crippen molar-refractivity contribution in [1.29, 1.82) is 0 Å². The van der Waals surface area contributed by atoms with Gasteiger partial charge in [-0.3, -0.25) is 14.9 Å². The molecule has 1 aromatic carbocycles. The SMILES string of the molecule is CN(C(=O)c1cc([N+](=O)[O-])ccc1I)C1CCSC1. The second-order valence-electron chi connectivity index (χ2n) is 4.35. The van der Waals surface area contributed by atoms with Crippen molar-refractivity contribution in [2.75, 3.05) is 18.6 Å². The Morgan fingerprint density at radius 1 is 1.58 bits per heavy atom. The molecule has 0 aromatic heterocycles. The van der Waals surface area contributed by atoms with Crippen LogP contribution in [0.15, 0.2) is 18.2 Å². The molecule has 0 spiro atoms. The van der Waals surface area contributed by atoms with Crippen LogP contribution in [0.5, 0.6) is 0 Å². The van der Waals surface area contributed by atoms with Crippen molar-refractivity contribution in [2.45, 2.75) is 12.5 Å². The average Bonchev–Trinajstić information content (AvgIpc) is 2.91. The molecule has 2 rings (SSSR count). The van der Waals surface area contributed by atoms with Crippen molar-refractivity contribution in [3.8, 4) is 0 Å². The summed E-state index contributed by atoms with van der Waals surface area (Å²) in [6.07, 6.45) is 0.985. The van der Waals surface area contributed by atoms with E-state index in [1.54, 1.807) is 18.0 Å². The van der Waals surface area contributed by atoms with Crippen LogP contribution >= 0.6 is 34.4 Å². The Labute approximate surface area is 129 Å². The number of nitro benzene ring substituents is 1. The summed E-state index contributed by atoms with van der Waals surface area (Å²) in [6.45, 7) is 0. The molecule has 1 aromatic rings. The minimum absolute atomic E-state index is 0.0436. The monoisotopic (exact) mass is 392 g/mol. The zero-order valence-electron chi connectivity index (χ0n) is 10.3. The molecule has 1 saturated heterocycles. The van der Waals surface area contributed by atoms with Gasteiger partial charge in [-0.2, -0.15) is 11.8 Å². The lowest BCUT2D eigenvalue weighted by molar-refractivity contribution is -0.384. The third-order valence-electron chi connectivity index (χ3n) is 3.16. The van der Waals surface area contributed by atoms with Crippen molar-refractivity contribution in [3.63, 3.8) is 0 Å². The van der Waals surface area contributed by atoms with Crippen LogP contribution in [-0.2, 0) is 0 Å². The molecule has 5 nitrogen and oxygen atoms in total. The van der Waals surface area contributed by atoms with Gasteiger partial charge in [0.15, 0.2) is 0 Å². The Morgan fingerprint density at radius 3 is 2.89 bits per heavy atom. The van der Waals surface area contributed by atoms with Crippen molar-refractivity contribution < 1.29 is 9.72 Å². The number of carbonyl (C=O) groups is 1. The van der Waals surface area contributed by atoms with E-state index >= 15 is 0 Å². The van der Waals surface area contributed by atoms with Crippen LogP contribution in [0.3, 0.4) is 0 Å². The number of hydrogen-bond acceptors (Lipinski definition) is 4. The predicted octanol–water partition coefficient (Wildman–Crippen LogP) is 2.78. The van der Waals surface area contributed by atoms with Crippen LogP contribution in [0.2, 0.25) is 0 Å². The highest BCUT2D eigenvalue weighted by molar-refractivity contribution is 14.1. The molecule has 0 saturated carbocycles. The van der Waals surface area contributed by atoms with Gasteiger partial charge in [0.1, 0.15) is 0 Å². The van der Waals surface area contributed by atoms with Crippen LogP contribution < -0.4 is 0 Å². The standard InChI is InChI=1S/C12H13IN2O3S/c1-14(9-4-5-19-7-9)12(16)10-6-8(15(17)18)2-3-11(10)13/h2-3,6,9H,4-5,7H2,1H3. The van der Waals surface area contributed by atoms with Gasteiger partial charge in [0.05, 0.1) is 10.5 Å². The lowest BCUT2D eigenvalue weighted by Crippen LogP contribution is -2.37. The smallest absolute Gasteiger partial charge is 0.270 e. The van der Waals surface area contributed by atoms with Gasteiger partial charge in [0, 0.05) is 34.5 Å². The van der Waals surface area contributed by atoms with Gasteiger partial charge in [-0.05, 0) is 40.8 Å². The van der Waals surface area contributed by atoms with Gasteiger partial charge in [-0.1, -0.05) is 0 Å². The topological polar surface area (TPSA) is 63.5 Å². The Bertz CT molecular complexity index is 518. The third kappa shape index (κ3) is 3.19. The number of non-ortho nitro benzene ring substituents is 1. The maximum atomic E-state index is 12.4. The van der Waals surface area contributed by atoms with Crippen LogP contribution in [0.4, 0.5) is 5.69 Å². The number of halogens is 1. The largest absolute Gasteiger partial charge is 0.338 e. The highest BCUT2D eigenvalue weighted by atomic mass is 127. The maximum absolute atomic E-state index is 12.4. The minimum atomic E-state index is -0.474. The molecule has 1 unspecified atom stereocenters. The van der Waals surface area contributed by atoms with E-state index in [-0.39, 0.29) is 17.6 Å². The number of thioether (sulfide) groups is 1. The molecule has 1 aliphatic rings. The molecule has 0 radical (unpaired) electrons. The number of carbonyl (C=O) groups excluding carboxylic acids is 1. The lowest BCUT2D eigenvalue weighted by Gasteiger charge is -2.24. The maximum Gasteiger partial charge on any atom is 0.270 e. The molecule has 0 aliphatic carbocycles. The molecular formula is C12H13IN2O3S. The van der Waals surface area contributed by atoms with E-state index in [1.165, 1.54) is 12.1 Å². The second kappa shape index (κ2) is 6.08. The lowest BCUT2D eigenvalue weighted by atomic mass is 10.1. The molecule has 1 heterocycles. The van der Waals surface area contributed by atoms with Crippen molar-refractivity contribution in [3.05, 3.63) is 37.4 Å². The fourth-order valence-corrected chi connectivity index (χ4v) is 3.81. The molecule has 1 aliphatic heterocycles. The highest BCUT2D eigenvalue weighted by Crippen LogP contribution is 2.25. The Kier molecular flexibility index (Phi) is 4.67. The first kappa shape index (κ1) is 14.6. The number of hydrogen-bond donors (Lipinski definition) is 0. The summed E-state index contributed by atoms with van der Waals surface area (Å²) in [5, 5.41) is 10.8. The minimum Gasteiger partial charge on any atom is -0.338 e. The molecule has 0 N–H and O–H groups in total. The van der Waals surface area contributed by atoms with Gasteiger partial charge in [0.2, 0.25) is 0 Å². The van der Waals surface area contributed by atoms with Gasteiger partial charge in [-0.25, -0.2) is 0 Å². The van der Waals surface area contributed by atoms with E-state index in [0.717, 1.165) is 21.5 Å². The van der Waals surface area contributed by atoms with E-state index in [1.807, 2.05) is 34.4 Å². The van der Waals surface area contributed by atoms with Gasteiger partial charge < -0.3 is 4.90 Å². The molecule has 102 valence electrons. The fraction of sp³-hybridized carbons (Fsp3) is 0.417. The molecule has 7 heteroatoms. The van der Waals surface area contributed by atoms with Gasteiger partial charge >= 0.3 is 0 Å². The summed E-state index contributed by atoms with van der Waals surface area (Å²) < 4.78 is 0.741. The van der Waals surface area contributed by atoms with Crippen LogP contribution in [0.25, 0.3) is 0 Å². The first-order valence-electron chi connectivity index (χ1n) is 5.79. The Morgan fingerprint density at radius 2 is 2.32 bits per heavy atom. The van der Waals surface area contributed by atoms with Gasteiger partial charge in [0.25, 0.3) is 11.6 Å². The van der Waals surface area contributed by atoms with Crippen molar-refractivity contribution in [1.82, 2.24) is 4.90 Å². The number of rotatable bonds is 3. The summed E-state index contributed by atoms with van der Waals surface area (Å²) in [6, 6.07) is 4.63. The second-order valence-corrected chi connectivity index (χ2v) is 6.67. The Hall–Kier alpha value is -0.830. The molecule has 1 fully saturated rings. The summed E-state index contributed by atoms with van der Waals surface area (Å²) in [7, 11) is 1.77. The number of amides is 1. The predicted molar refractivity (Wildman–Crippen MR) is 83.6 cm³/mol. The quantitative estimate of drug-likeness (QED) is 0.451. The molecule has 0 bridgehead atoms. The molecule has 19 heavy (non-hydrogen) atoms. The van der Waals surface area contributed by atoms with E-state index in [2.05, 4.69) is 0 Å². The summed E-state index contributed by atoms with van der Waals surface area (Å²) in [4.78, 5) is 24.4. The van der Waals surface area contributed by atoms with E-state index in [0.29, 0.717) is 5.56 Å². The summed E-state index contributed by atoms with van der Waals surface area (Å²) in [5.74, 6) is 1.86.